The van der Waals surface area contributed by atoms with Gasteiger partial charge in [-0.3, -0.25) is 4.90 Å². The summed E-state index contributed by atoms with van der Waals surface area (Å²) in [4.78, 5) is 19.6. The summed E-state index contributed by atoms with van der Waals surface area (Å²) in [6, 6.07) is 16.6. The van der Waals surface area contributed by atoms with E-state index in [-0.39, 0.29) is 6.04 Å². The fourth-order valence-electron chi connectivity index (χ4n) is 6.51. The van der Waals surface area contributed by atoms with Gasteiger partial charge in [0.05, 0.1) is 24.7 Å². The molecule has 0 bridgehead atoms. The van der Waals surface area contributed by atoms with Crippen molar-refractivity contribution in [2.45, 2.75) is 51.2 Å². The van der Waals surface area contributed by atoms with E-state index >= 15 is 0 Å². The summed E-state index contributed by atoms with van der Waals surface area (Å²) in [6.45, 7) is 8.17. The number of aryl methyl sites for hydroxylation is 1. The lowest BCUT2D eigenvalue weighted by molar-refractivity contribution is 0.186. The van der Waals surface area contributed by atoms with Crippen LogP contribution < -0.4 is 14.5 Å². The third kappa shape index (κ3) is 5.13. The van der Waals surface area contributed by atoms with Gasteiger partial charge in [0.2, 0.25) is 0 Å². The Kier molecular flexibility index (Phi) is 7.28. The smallest absolute Gasteiger partial charge is 0.318 e. The predicted molar refractivity (Wildman–Crippen MR) is 155 cm³/mol. The molecule has 2 atom stereocenters. The lowest BCUT2D eigenvalue weighted by Crippen LogP contribution is -2.52. The van der Waals surface area contributed by atoms with Crippen LogP contribution in [0.1, 0.15) is 36.1 Å². The van der Waals surface area contributed by atoms with Crippen LogP contribution >= 0.6 is 0 Å². The maximum atomic E-state index is 9.41. The molecule has 0 aliphatic carbocycles. The van der Waals surface area contributed by atoms with Gasteiger partial charge in [-0.2, -0.15) is 15.2 Å². The zero-order valence-corrected chi connectivity index (χ0v) is 23.4. The lowest BCUT2D eigenvalue weighted by atomic mass is 9.99. The Morgan fingerprint density at radius 2 is 1.79 bits per heavy atom. The molecule has 1 aromatic heterocycles. The number of anilines is 2. The topological polar surface area (TPSA) is 71.8 Å². The van der Waals surface area contributed by atoms with Crippen LogP contribution in [-0.4, -0.2) is 85.3 Å². The van der Waals surface area contributed by atoms with Crippen molar-refractivity contribution in [1.29, 1.82) is 5.26 Å². The first-order valence-electron chi connectivity index (χ1n) is 14.3. The maximum absolute atomic E-state index is 9.41. The number of benzene rings is 2. The third-order valence-electron chi connectivity index (χ3n) is 8.93. The Labute approximate surface area is 231 Å². The number of fused-ring (bicyclic) bond motifs is 2. The van der Waals surface area contributed by atoms with Crippen molar-refractivity contribution < 1.29 is 4.74 Å². The minimum absolute atomic E-state index is 0.199. The molecule has 2 saturated heterocycles. The van der Waals surface area contributed by atoms with Crippen molar-refractivity contribution in [2.75, 3.05) is 63.2 Å². The number of likely N-dealkylation sites (tertiary alicyclic amines) is 1. The van der Waals surface area contributed by atoms with Crippen LogP contribution in [0.4, 0.5) is 11.5 Å². The van der Waals surface area contributed by atoms with Gasteiger partial charge in [0.15, 0.2) is 0 Å². The van der Waals surface area contributed by atoms with Crippen LogP contribution in [0.3, 0.4) is 0 Å². The van der Waals surface area contributed by atoms with E-state index in [0.717, 1.165) is 63.6 Å². The highest BCUT2D eigenvalue weighted by atomic mass is 16.5. The van der Waals surface area contributed by atoms with E-state index in [1.807, 2.05) is 0 Å². The van der Waals surface area contributed by atoms with Crippen molar-refractivity contribution >= 4 is 22.3 Å². The average molecular weight is 526 g/mol. The first-order valence-corrected chi connectivity index (χ1v) is 14.3. The Balaban J connectivity index is 1.34. The summed E-state index contributed by atoms with van der Waals surface area (Å²) in [5.41, 5.74) is 4.85. The number of hydrogen-bond acceptors (Lipinski definition) is 8. The van der Waals surface area contributed by atoms with Crippen LogP contribution in [0.15, 0.2) is 36.4 Å². The Hall–Kier alpha value is -3.41. The van der Waals surface area contributed by atoms with Gasteiger partial charge in [-0.15, -0.1) is 0 Å². The molecule has 3 aliphatic heterocycles. The first kappa shape index (κ1) is 25.8. The molecule has 8 heteroatoms. The Morgan fingerprint density at radius 3 is 2.59 bits per heavy atom. The van der Waals surface area contributed by atoms with Crippen LogP contribution in [0, 0.1) is 18.3 Å². The zero-order chi connectivity index (χ0) is 26.9. The fourth-order valence-corrected chi connectivity index (χ4v) is 6.51. The summed E-state index contributed by atoms with van der Waals surface area (Å²) in [5, 5.41) is 12.0. The van der Waals surface area contributed by atoms with Gasteiger partial charge in [-0.05, 0) is 63.8 Å². The van der Waals surface area contributed by atoms with Gasteiger partial charge < -0.3 is 19.4 Å². The maximum Gasteiger partial charge on any atom is 0.318 e. The van der Waals surface area contributed by atoms with Crippen molar-refractivity contribution in [3.63, 3.8) is 0 Å². The number of piperazine rings is 1. The molecule has 3 aromatic rings. The third-order valence-corrected chi connectivity index (χ3v) is 8.93. The van der Waals surface area contributed by atoms with Crippen molar-refractivity contribution in [3.05, 3.63) is 53.2 Å². The SMILES string of the molecule is Cc1cccc2cccc(N3CCc4c(nc(OCC5CCCN5C)nc4N4CCN(C)C(CC#N)C4)C3)c12. The standard InChI is InChI=1S/C31H39N7O/c1-22-7-4-8-23-9-5-11-28(29(22)23)37-16-13-26-27(20-37)33-31(39-21-25-10-6-15-35(25)2)34-30(26)38-18-17-36(3)24(19-38)12-14-32/h4-5,7-9,11,24-25H,6,10,12-13,15-21H2,1-3H3. The second-order valence-corrected chi connectivity index (χ2v) is 11.4. The molecular formula is C31H39N7O. The van der Waals surface area contributed by atoms with Gasteiger partial charge in [0.25, 0.3) is 0 Å². The van der Waals surface area contributed by atoms with Crippen molar-refractivity contribution in [3.8, 4) is 12.1 Å². The molecule has 2 fully saturated rings. The van der Waals surface area contributed by atoms with E-state index in [9.17, 15) is 5.26 Å². The predicted octanol–water partition coefficient (Wildman–Crippen LogP) is 4.01. The van der Waals surface area contributed by atoms with E-state index in [1.165, 1.54) is 34.0 Å². The number of rotatable bonds is 6. The highest BCUT2D eigenvalue weighted by molar-refractivity contribution is 5.97. The number of nitriles is 1. The molecule has 0 N–H and O–H groups in total. The average Bonchev–Trinajstić information content (AvgIpc) is 3.36. The number of ether oxygens (including phenoxy) is 1. The van der Waals surface area contributed by atoms with Gasteiger partial charge >= 0.3 is 6.01 Å². The molecule has 4 heterocycles. The minimum Gasteiger partial charge on any atom is -0.462 e. The molecule has 3 aliphatic rings. The zero-order valence-electron chi connectivity index (χ0n) is 23.4. The fraction of sp³-hybridized carbons (Fsp3) is 0.516. The summed E-state index contributed by atoms with van der Waals surface area (Å²) in [6.07, 6.45) is 3.76. The summed E-state index contributed by atoms with van der Waals surface area (Å²) >= 11 is 0. The molecular weight excluding hydrogens is 486 g/mol. The normalized spacial score (nSPS) is 22.2. The Bertz CT molecular complexity index is 1380. The molecule has 2 unspecified atom stereocenters. The van der Waals surface area contributed by atoms with Gasteiger partial charge in [-0.1, -0.05) is 30.3 Å². The molecule has 0 radical (unpaired) electrons. The highest BCUT2D eigenvalue weighted by Crippen LogP contribution is 2.36. The van der Waals surface area contributed by atoms with Gasteiger partial charge in [0.1, 0.15) is 12.4 Å². The van der Waals surface area contributed by atoms with E-state index in [4.69, 9.17) is 14.7 Å². The summed E-state index contributed by atoms with van der Waals surface area (Å²) in [5.74, 6) is 1.000. The second-order valence-electron chi connectivity index (χ2n) is 11.4. The number of hydrogen-bond donors (Lipinski definition) is 0. The quantitative estimate of drug-likeness (QED) is 0.478. The Morgan fingerprint density at radius 1 is 0.974 bits per heavy atom. The summed E-state index contributed by atoms with van der Waals surface area (Å²) in [7, 11) is 4.29. The molecule has 0 spiro atoms. The van der Waals surface area contributed by atoms with E-state index < -0.39 is 0 Å². The van der Waals surface area contributed by atoms with E-state index in [0.29, 0.717) is 25.1 Å². The second kappa shape index (κ2) is 11.0. The molecule has 2 aromatic carbocycles. The largest absolute Gasteiger partial charge is 0.462 e. The minimum atomic E-state index is 0.199. The van der Waals surface area contributed by atoms with Crippen LogP contribution in [-0.2, 0) is 13.0 Å². The highest BCUT2D eigenvalue weighted by Gasteiger charge is 2.31. The van der Waals surface area contributed by atoms with E-state index in [2.05, 4.69) is 83.1 Å². The van der Waals surface area contributed by atoms with Gasteiger partial charge in [-0.25, -0.2) is 0 Å². The lowest BCUT2D eigenvalue weighted by Gasteiger charge is -2.41. The molecule has 39 heavy (non-hydrogen) atoms. The molecule has 8 nitrogen and oxygen atoms in total. The number of likely N-dealkylation sites (N-methyl/N-ethyl adjacent to an activating group) is 2. The van der Waals surface area contributed by atoms with Gasteiger partial charge in [0, 0.05) is 54.9 Å². The molecule has 0 saturated carbocycles. The first-order chi connectivity index (χ1) is 19.0. The van der Waals surface area contributed by atoms with Crippen molar-refractivity contribution in [2.24, 2.45) is 0 Å². The van der Waals surface area contributed by atoms with Crippen LogP contribution in [0.5, 0.6) is 6.01 Å². The molecule has 6 rings (SSSR count). The van der Waals surface area contributed by atoms with Crippen LogP contribution in [0.2, 0.25) is 0 Å². The molecule has 204 valence electrons. The number of aromatic nitrogens is 2. The van der Waals surface area contributed by atoms with Crippen molar-refractivity contribution in [1.82, 2.24) is 19.8 Å². The summed E-state index contributed by atoms with van der Waals surface area (Å²) < 4.78 is 6.31. The number of nitrogens with zero attached hydrogens (tertiary/aromatic N) is 7. The van der Waals surface area contributed by atoms with E-state index in [1.54, 1.807) is 0 Å². The monoisotopic (exact) mass is 525 g/mol. The molecule has 0 amide bonds. The van der Waals surface area contributed by atoms with Crippen LogP contribution in [0.25, 0.3) is 10.8 Å².